The van der Waals surface area contributed by atoms with E-state index < -0.39 is 55.9 Å². The highest BCUT2D eigenvalue weighted by atomic mass is 32.2. The maximum absolute atomic E-state index is 13.7. The largest absolute Gasteiger partial charge is 0.501 e. The molecule has 1 aromatic rings. The lowest BCUT2D eigenvalue weighted by atomic mass is 10.1. The van der Waals surface area contributed by atoms with Crippen LogP contribution in [0.5, 0.6) is 5.75 Å². The highest BCUT2D eigenvalue weighted by molar-refractivity contribution is 7.92. The number of aliphatic hydroxyl groups excluding tert-OH is 1. The zero-order chi connectivity index (χ0) is 17.8. The fraction of sp³-hybridized carbons (Fsp3) is 0.538. The summed E-state index contributed by atoms with van der Waals surface area (Å²) in [6, 6.07) is 1.43. The van der Waals surface area contributed by atoms with Crippen molar-refractivity contribution in [1.29, 1.82) is 0 Å². The van der Waals surface area contributed by atoms with Crippen molar-refractivity contribution in [2.75, 3.05) is 0 Å². The molecule has 0 heterocycles. The minimum Gasteiger partial charge on any atom is -0.491 e. The Morgan fingerprint density at radius 2 is 1.87 bits per heavy atom. The van der Waals surface area contributed by atoms with E-state index in [1.165, 1.54) is 0 Å². The van der Waals surface area contributed by atoms with Crippen molar-refractivity contribution < 1.29 is 40.2 Å². The first-order chi connectivity index (χ1) is 10.3. The van der Waals surface area contributed by atoms with Crippen LogP contribution < -0.4 is 4.74 Å². The molecule has 0 fully saturated rings. The molecular formula is C13H13F5O4S. The van der Waals surface area contributed by atoms with E-state index in [-0.39, 0.29) is 5.75 Å². The van der Waals surface area contributed by atoms with Gasteiger partial charge in [0.2, 0.25) is 0 Å². The summed E-state index contributed by atoms with van der Waals surface area (Å²) in [5.74, 6) is -3.96. The Hall–Kier alpha value is -1.42. The van der Waals surface area contributed by atoms with Gasteiger partial charge in [0.05, 0.1) is 11.0 Å². The van der Waals surface area contributed by atoms with E-state index in [9.17, 15) is 35.5 Å². The molecule has 1 N–H and O–H groups in total. The van der Waals surface area contributed by atoms with Gasteiger partial charge in [0.25, 0.3) is 15.8 Å². The van der Waals surface area contributed by atoms with Gasteiger partial charge in [-0.2, -0.15) is 13.2 Å². The molecule has 0 aromatic heterocycles. The minimum atomic E-state index is -5.88. The van der Waals surface area contributed by atoms with Crippen LogP contribution in [0.15, 0.2) is 17.0 Å². The van der Waals surface area contributed by atoms with Crippen molar-refractivity contribution in [3.8, 4) is 5.75 Å². The first-order valence-electron chi connectivity index (χ1n) is 6.48. The molecule has 10 heteroatoms. The molecule has 0 spiro atoms. The number of sulfone groups is 1. The molecule has 1 aromatic carbocycles. The lowest BCUT2D eigenvalue weighted by Crippen LogP contribution is -2.26. The monoisotopic (exact) mass is 360 g/mol. The van der Waals surface area contributed by atoms with Crippen LogP contribution in [0.2, 0.25) is 0 Å². The van der Waals surface area contributed by atoms with Gasteiger partial charge in [0, 0.05) is 17.5 Å². The van der Waals surface area contributed by atoms with Gasteiger partial charge < -0.3 is 9.84 Å². The summed E-state index contributed by atoms with van der Waals surface area (Å²) in [7, 11) is -5.88. The molecule has 0 saturated heterocycles. The van der Waals surface area contributed by atoms with Crippen molar-refractivity contribution in [3.63, 3.8) is 0 Å². The third kappa shape index (κ3) is 2.89. The Kier molecular flexibility index (Phi) is 4.13. The quantitative estimate of drug-likeness (QED) is 0.842. The number of benzene rings is 1. The van der Waals surface area contributed by atoms with Gasteiger partial charge in [-0.3, -0.25) is 0 Å². The molecule has 0 radical (unpaired) electrons. The van der Waals surface area contributed by atoms with Crippen LogP contribution in [-0.2, 0) is 16.3 Å². The molecule has 23 heavy (non-hydrogen) atoms. The molecule has 130 valence electrons. The molecule has 0 amide bonds. The van der Waals surface area contributed by atoms with Crippen LogP contribution in [0, 0.1) is 0 Å². The van der Waals surface area contributed by atoms with E-state index in [1.54, 1.807) is 13.8 Å². The molecule has 1 unspecified atom stereocenters. The maximum atomic E-state index is 13.7. The van der Waals surface area contributed by atoms with Gasteiger partial charge in [-0.15, -0.1) is 0 Å². The van der Waals surface area contributed by atoms with Gasteiger partial charge >= 0.3 is 5.51 Å². The van der Waals surface area contributed by atoms with Crippen molar-refractivity contribution in [2.45, 2.75) is 48.8 Å². The van der Waals surface area contributed by atoms with Gasteiger partial charge in [0.1, 0.15) is 11.9 Å². The molecule has 0 bridgehead atoms. The lowest BCUT2D eigenvalue weighted by Gasteiger charge is -2.18. The minimum absolute atomic E-state index is 0.174. The van der Waals surface area contributed by atoms with Crippen LogP contribution in [0.25, 0.3) is 0 Å². The molecule has 1 aliphatic rings. The summed E-state index contributed by atoms with van der Waals surface area (Å²) in [6.45, 7) is 3.13. The predicted octanol–water partition coefficient (Wildman–Crippen LogP) is 2.99. The van der Waals surface area contributed by atoms with Crippen molar-refractivity contribution >= 4 is 9.84 Å². The van der Waals surface area contributed by atoms with Crippen molar-refractivity contribution in [1.82, 2.24) is 0 Å². The van der Waals surface area contributed by atoms with Gasteiger partial charge in [-0.05, 0) is 26.0 Å². The summed E-state index contributed by atoms with van der Waals surface area (Å²) < 4.78 is 94.0. The average Bonchev–Trinajstić information content (AvgIpc) is 2.60. The number of fused-ring (bicyclic) bond motifs is 1. The van der Waals surface area contributed by atoms with E-state index in [0.717, 1.165) is 6.07 Å². The Bertz CT molecular complexity index is 725. The van der Waals surface area contributed by atoms with Crippen molar-refractivity contribution in [2.24, 2.45) is 0 Å². The second-order valence-corrected chi connectivity index (χ2v) is 7.32. The molecule has 1 atom stereocenters. The predicted molar refractivity (Wildman–Crippen MR) is 69.1 cm³/mol. The zero-order valence-electron chi connectivity index (χ0n) is 12.0. The normalized spacial score (nSPS) is 20.7. The molecular weight excluding hydrogens is 347 g/mol. The summed E-state index contributed by atoms with van der Waals surface area (Å²) in [5, 5.41) is 9.64. The number of alkyl halides is 5. The molecule has 0 aliphatic heterocycles. The fourth-order valence-corrected chi connectivity index (χ4v) is 3.39. The standard InChI is InChI=1S/C13H13F5O4S/c1-6(2)22-8-3-4-9(23(20,21)13(16,17)18)10-7(8)5-12(14,15)11(10)19/h3-4,6,11,19H,5H2,1-2H3. The maximum Gasteiger partial charge on any atom is 0.501 e. The lowest BCUT2D eigenvalue weighted by molar-refractivity contribution is -0.0978. The second kappa shape index (κ2) is 5.30. The third-order valence-corrected chi connectivity index (χ3v) is 4.86. The third-order valence-electron chi connectivity index (χ3n) is 3.32. The van der Waals surface area contributed by atoms with Gasteiger partial charge in [-0.1, -0.05) is 0 Å². The SMILES string of the molecule is CC(C)Oc1ccc(S(=O)(=O)C(F)(F)F)c2c1CC(F)(F)C2O. The van der Waals surface area contributed by atoms with Crippen LogP contribution in [0.1, 0.15) is 31.1 Å². The highest BCUT2D eigenvalue weighted by Gasteiger charge is 2.55. The number of ether oxygens (including phenoxy) is 1. The number of rotatable bonds is 3. The van der Waals surface area contributed by atoms with Crippen molar-refractivity contribution in [3.05, 3.63) is 23.3 Å². The first kappa shape index (κ1) is 17.9. The number of hydrogen-bond donors (Lipinski definition) is 1. The van der Waals surface area contributed by atoms with Gasteiger partial charge in [0.15, 0.2) is 0 Å². The fourth-order valence-electron chi connectivity index (χ4n) is 2.37. The Morgan fingerprint density at radius 3 is 2.35 bits per heavy atom. The Morgan fingerprint density at radius 1 is 1.30 bits per heavy atom. The average molecular weight is 360 g/mol. The zero-order valence-corrected chi connectivity index (χ0v) is 12.8. The first-order valence-corrected chi connectivity index (χ1v) is 7.97. The second-order valence-electron chi connectivity index (χ2n) is 5.41. The van der Waals surface area contributed by atoms with Gasteiger partial charge in [-0.25, -0.2) is 17.2 Å². The molecule has 2 rings (SSSR count). The van der Waals surface area contributed by atoms with E-state index in [4.69, 9.17) is 4.74 Å². The van der Waals surface area contributed by atoms with Crippen LogP contribution in [0.4, 0.5) is 22.0 Å². The summed E-state index contributed by atoms with van der Waals surface area (Å²) in [4.78, 5) is -1.37. The summed E-state index contributed by atoms with van der Waals surface area (Å²) >= 11 is 0. The molecule has 4 nitrogen and oxygen atoms in total. The van der Waals surface area contributed by atoms with E-state index in [1.807, 2.05) is 0 Å². The van der Waals surface area contributed by atoms with E-state index in [0.29, 0.717) is 6.07 Å². The number of aliphatic hydroxyl groups is 1. The van der Waals surface area contributed by atoms with E-state index >= 15 is 0 Å². The summed E-state index contributed by atoms with van der Waals surface area (Å²) in [6.07, 6.45) is -4.23. The van der Waals surface area contributed by atoms with Crippen LogP contribution in [0.3, 0.4) is 0 Å². The van der Waals surface area contributed by atoms with E-state index in [2.05, 4.69) is 0 Å². The molecule has 1 aliphatic carbocycles. The number of halogens is 5. The van der Waals surface area contributed by atoms with Crippen LogP contribution >= 0.6 is 0 Å². The highest BCUT2D eigenvalue weighted by Crippen LogP contribution is 2.50. The number of hydrogen-bond acceptors (Lipinski definition) is 4. The topological polar surface area (TPSA) is 63.6 Å². The Balaban J connectivity index is 2.74. The molecule has 0 saturated carbocycles. The Labute approximate surface area is 128 Å². The smallest absolute Gasteiger partial charge is 0.491 e. The summed E-state index contributed by atoms with van der Waals surface area (Å²) in [5.41, 5.74) is -7.05. The van der Waals surface area contributed by atoms with Crippen LogP contribution in [-0.4, -0.2) is 31.1 Å².